The van der Waals surface area contributed by atoms with Gasteiger partial charge in [-0.15, -0.1) is 0 Å². The smallest absolute Gasteiger partial charge is 0.137 e. The molecule has 1 saturated heterocycles. The lowest BCUT2D eigenvalue weighted by atomic mass is 9.98. The molecule has 2 N–H and O–H groups in total. The van der Waals surface area contributed by atoms with Crippen LogP contribution in [0.25, 0.3) is 5.65 Å². The van der Waals surface area contributed by atoms with E-state index in [1.165, 1.54) is 31.5 Å². The van der Waals surface area contributed by atoms with Crippen LogP contribution >= 0.6 is 0 Å². The average molecular weight is 286 g/mol. The van der Waals surface area contributed by atoms with Crippen molar-refractivity contribution in [3.8, 4) is 0 Å². The summed E-state index contributed by atoms with van der Waals surface area (Å²) >= 11 is 0. The Morgan fingerprint density at radius 2 is 2.05 bits per heavy atom. The summed E-state index contributed by atoms with van der Waals surface area (Å²) in [5.41, 5.74) is 11.0. The zero-order valence-electron chi connectivity index (χ0n) is 13.3. The Morgan fingerprint density at radius 1 is 1.33 bits per heavy atom. The molecular weight excluding hydrogens is 260 g/mol. The van der Waals surface area contributed by atoms with Gasteiger partial charge in [-0.1, -0.05) is 6.92 Å². The maximum atomic E-state index is 6.51. The molecule has 3 heterocycles. The predicted molar refractivity (Wildman–Crippen MR) is 86.4 cm³/mol. The van der Waals surface area contributed by atoms with Crippen molar-refractivity contribution in [3.05, 3.63) is 35.3 Å². The molecule has 1 aliphatic heterocycles. The van der Waals surface area contributed by atoms with Gasteiger partial charge in [-0.05, 0) is 63.4 Å². The van der Waals surface area contributed by atoms with Crippen LogP contribution in [0.5, 0.6) is 0 Å². The third kappa shape index (κ3) is 2.97. The fourth-order valence-corrected chi connectivity index (χ4v) is 3.34. The van der Waals surface area contributed by atoms with E-state index in [0.717, 1.165) is 29.5 Å². The van der Waals surface area contributed by atoms with Crippen LogP contribution in [0.1, 0.15) is 42.8 Å². The molecule has 0 bridgehead atoms. The van der Waals surface area contributed by atoms with Gasteiger partial charge in [-0.2, -0.15) is 0 Å². The van der Waals surface area contributed by atoms with Crippen LogP contribution < -0.4 is 5.73 Å². The van der Waals surface area contributed by atoms with Crippen LogP contribution in [-0.2, 0) is 0 Å². The Hall–Kier alpha value is -1.39. The van der Waals surface area contributed by atoms with E-state index in [-0.39, 0.29) is 6.04 Å². The summed E-state index contributed by atoms with van der Waals surface area (Å²) in [6.45, 7) is 9.77. The van der Waals surface area contributed by atoms with E-state index < -0.39 is 0 Å². The van der Waals surface area contributed by atoms with Crippen molar-refractivity contribution < 1.29 is 0 Å². The van der Waals surface area contributed by atoms with Crippen molar-refractivity contribution in [2.45, 2.75) is 39.7 Å². The van der Waals surface area contributed by atoms with E-state index in [2.05, 4.69) is 53.4 Å². The number of nitrogens with zero attached hydrogens (tertiary/aromatic N) is 3. The number of pyridine rings is 1. The first-order valence-corrected chi connectivity index (χ1v) is 7.97. The number of nitrogens with two attached hydrogens (primary N) is 1. The monoisotopic (exact) mass is 286 g/mol. The first-order chi connectivity index (χ1) is 10.0. The van der Waals surface area contributed by atoms with Gasteiger partial charge in [0, 0.05) is 12.7 Å². The van der Waals surface area contributed by atoms with Gasteiger partial charge in [0.1, 0.15) is 5.65 Å². The highest BCUT2D eigenvalue weighted by Gasteiger charge is 2.21. The lowest BCUT2D eigenvalue weighted by Gasteiger charge is -2.32. The first kappa shape index (κ1) is 14.5. The van der Waals surface area contributed by atoms with Gasteiger partial charge in [0.15, 0.2) is 0 Å². The number of aromatic nitrogens is 2. The van der Waals surface area contributed by atoms with Crippen LogP contribution in [0, 0.1) is 19.8 Å². The Bertz CT molecular complexity index is 623. The molecule has 114 valence electrons. The largest absolute Gasteiger partial charge is 0.322 e. The number of hydrogen-bond acceptors (Lipinski definition) is 3. The van der Waals surface area contributed by atoms with Crippen molar-refractivity contribution in [2.24, 2.45) is 11.7 Å². The number of imidazole rings is 1. The minimum Gasteiger partial charge on any atom is -0.322 e. The lowest BCUT2D eigenvalue weighted by Crippen LogP contribution is -2.38. The maximum absolute atomic E-state index is 6.51. The average Bonchev–Trinajstić information content (AvgIpc) is 2.76. The van der Waals surface area contributed by atoms with Crippen molar-refractivity contribution >= 4 is 5.65 Å². The summed E-state index contributed by atoms with van der Waals surface area (Å²) in [4.78, 5) is 7.16. The normalized spacial score (nSPS) is 19.2. The Morgan fingerprint density at radius 3 is 2.76 bits per heavy atom. The topological polar surface area (TPSA) is 46.6 Å². The zero-order valence-corrected chi connectivity index (χ0v) is 13.3. The minimum atomic E-state index is 0.0242. The van der Waals surface area contributed by atoms with Gasteiger partial charge in [-0.3, -0.25) is 0 Å². The number of piperidine rings is 1. The molecule has 1 fully saturated rings. The molecule has 0 spiro atoms. The molecule has 0 saturated carbocycles. The standard InChI is InChI=1S/C17H26N4/c1-12-4-7-20(8-5-12)11-15(18)17-14(3)19-16-10-13(2)6-9-21(16)17/h6,9-10,12,15H,4-5,7-8,11,18H2,1-3H3. The Balaban J connectivity index is 1.81. The Kier molecular flexibility index (Phi) is 4.00. The molecule has 4 heteroatoms. The third-order valence-corrected chi connectivity index (χ3v) is 4.68. The quantitative estimate of drug-likeness (QED) is 0.943. The molecule has 4 nitrogen and oxygen atoms in total. The highest BCUT2D eigenvalue weighted by Crippen LogP contribution is 2.22. The molecule has 0 radical (unpaired) electrons. The van der Waals surface area contributed by atoms with Crippen LogP contribution in [0.15, 0.2) is 18.3 Å². The highest BCUT2D eigenvalue weighted by molar-refractivity contribution is 5.46. The number of hydrogen-bond donors (Lipinski definition) is 1. The van der Waals surface area contributed by atoms with Crippen molar-refractivity contribution in [1.82, 2.24) is 14.3 Å². The van der Waals surface area contributed by atoms with E-state index in [9.17, 15) is 0 Å². The minimum absolute atomic E-state index is 0.0242. The molecule has 0 amide bonds. The van der Waals surface area contributed by atoms with Crippen LogP contribution in [-0.4, -0.2) is 33.9 Å². The molecule has 21 heavy (non-hydrogen) atoms. The molecular formula is C17H26N4. The van der Waals surface area contributed by atoms with Crippen LogP contribution in [0.2, 0.25) is 0 Å². The molecule has 2 aromatic rings. The zero-order chi connectivity index (χ0) is 15.0. The van der Waals surface area contributed by atoms with Gasteiger partial charge >= 0.3 is 0 Å². The van der Waals surface area contributed by atoms with Gasteiger partial charge in [0.25, 0.3) is 0 Å². The van der Waals surface area contributed by atoms with E-state index in [4.69, 9.17) is 5.73 Å². The third-order valence-electron chi connectivity index (χ3n) is 4.68. The first-order valence-electron chi connectivity index (χ1n) is 7.97. The molecule has 1 aliphatic rings. The van der Waals surface area contributed by atoms with Crippen molar-refractivity contribution in [2.75, 3.05) is 19.6 Å². The summed E-state index contributed by atoms with van der Waals surface area (Å²) in [5.74, 6) is 0.859. The van der Waals surface area contributed by atoms with Crippen molar-refractivity contribution in [3.63, 3.8) is 0 Å². The van der Waals surface area contributed by atoms with E-state index in [0.29, 0.717) is 0 Å². The molecule has 0 aromatic carbocycles. The fraction of sp³-hybridized carbons (Fsp3) is 0.588. The SMILES string of the molecule is Cc1ccn2c(C(N)CN3CCC(C)CC3)c(C)nc2c1. The molecule has 3 rings (SSSR count). The second-order valence-electron chi connectivity index (χ2n) is 6.60. The summed E-state index contributed by atoms with van der Waals surface area (Å²) < 4.78 is 2.15. The van der Waals surface area contributed by atoms with Gasteiger partial charge < -0.3 is 15.0 Å². The van der Waals surface area contributed by atoms with Gasteiger partial charge in [-0.25, -0.2) is 4.98 Å². The van der Waals surface area contributed by atoms with E-state index in [1.54, 1.807) is 0 Å². The molecule has 1 unspecified atom stereocenters. The fourth-order valence-electron chi connectivity index (χ4n) is 3.34. The Labute approximate surface area is 127 Å². The second-order valence-corrected chi connectivity index (χ2v) is 6.60. The molecule has 2 aromatic heterocycles. The van der Waals surface area contributed by atoms with Gasteiger partial charge in [0.05, 0.1) is 17.4 Å². The van der Waals surface area contributed by atoms with Crippen LogP contribution in [0.4, 0.5) is 0 Å². The number of aryl methyl sites for hydroxylation is 2. The van der Waals surface area contributed by atoms with Crippen LogP contribution in [0.3, 0.4) is 0 Å². The summed E-state index contributed by atoms with van der Waals surface area (Å²) in [6.07, 6.45) is 4.67. The predicted octanol–water partition coefficient (Wildman–Crippen LogP) is 2.68. The summed E-state index contributed by atoms with van der Waals surface area (Å²) in [5, 5.41) is 0. The lowest BCUT2D eigenvalue weighted by molar-refractivity contribution is 0.182. The number of fused-ring (bicyclic) bond motifs is 1. The molecule has 1 atom stereocenters. The number of likely N-dealkylation sites (tertiary alicyclic amines) is 1. The van der Waals surface area contributed by atoms with E-state index >= 15 is 0 Å². The molecule has 0 aliphatic carbocycles. The van der Waals surface area contributed by atoms with Gasteiger partial charge in [0.2, 0.25) is 0 Å². The van der Waals surface area contributed by atoms with E-state index in [1.807, 2.05) is 0 Å². The second kappa shape index (κ2) is 5.78. The number of rotatable bonds is 3. The highest BCUT2D eigenvalue weighted by atomic mass is 15.2. The van der Waals surface area contributed by atoms with Crippen molar-refractivity contribution in [1.29, 1.82) is 0 Å². The maximum Gasteiger partial charge on any atom is 0.137 e. The summed E-state index contributed by atoms with van der Waals surface area (Å²) in [7, 11) is 0. The summed E-state index contributed by atoms with van der Waals surface area (Å²) in [6, 6.07) is 4.26.